The topological polar surface area (TPSA) is 193 Å². The number of hydrogen-bond acceptors (Lipinski definition) is 7. The van der Waals surface area contributed by atoms with Gasteiger partial charge in [0.25, 0.3) is 0 Å². The zero-order valence-electron chi connectivity index (χ0n) is 16.4. The maximum absolute atomic E-state index is 9.60. The number of hydrogen-bond donors (Lipinski definition) is 7. The second-order valence-corrected chi connectivity index (χ2v) is 5.56. The number of carbonyl (C=O) groups is 3. The van der Waals surface area contributed by atoms with Crippen LogP contribution in [0.5, 0.6) is 0 Å². The van der Waals surface area contributed by atoms with Gasteiger partial charge >= 0.3 is 17.9 Å². The van der Waals surface area contributed by atoms with E-state index in [1.165, 1.54) is 0 Å². The SMILES string of the molecule is CCCC(=O)O.CCCC(=O)O.CCCC(=O)O.OCC(CO)(CO)CO. The van der Waals surface area contributed by atoms with E-state index in [1.807, 2.05) is 20.8 Å². The molecule has 0 aliphatic heterocycles. The van der Waals surface area contributed by atoms with Crippen molar-refractivity contribution in [3.05, 3.63) is 0 Å². The van der Waals surface area contributed by atoms with Crippen LogP contribution in [0.25, 0.3) is 0 Å². The fourth-order valence-corrected chi connectivity index (χ4v) is 0.942. The van der Waals surface area contributed by atoms with Gasteiger partial charge in [-0.3, -0.25) is 14.4 Å². The van der Waals surface area contributed by atoms with Gasteiger partial charge in [0.05, 0.1) is 31.8 Å². The molecule has 0 aliphatic carbocycles. The van der Waals surface area contributed by atoms with E-state index >= 15 is 0 Å². The normalized spacial score (nSPS) is 9.44. The Morgan fingerprint density at radius 3 is 0.741 bits per heavy atom. The van der Waals surface area contributed by atoms with Crippen LogP contribution in [0.3, 0.4) is 0 Å². The first kappa shape index (κ1) is 32.9. The van der Waals surface area contributed by atoms with Crippen LogP contribution >= 0.6 is 0 Å². The first-order chi connectivity index (χ1) is 12.6. The van der Waals surface area contributed by atoms with Crippen molar-refractivity contribution in [2.24, 2.45) is 5.41 Å². The quantitative estimate of drug-likeness (QED) is 0.272. The predicted molar refractivity (Wildman–Crippen MR) is 98.4 cm³/mol. The standard InChI is InChI=1S/C5H12O4.3C4H8O2/c6-1-5(2-7,3-8)4-9;3*1-2-3-4(5)6/h6-9H,1-4H2;3*2-3H2,1H3,(H,5,6). The molecule has 27 heavy (non-hydrogen) atoms. The maximum atomic E-state index is 9.60. The second-order valence-electron chi connectivity index (χ2n) is 5.56. The third-order valence-corrected chi connectivity index (χ3v) is 2.73. The van der Waals surface area contributed by atoms with Gasteiger partial charge in [-0.25, -0.2) is 0 Å². The van der Waals surface area contributed by atoms with Crippen molar-refractivity contribution in [3.63, 3.8) is 0 Å². The average Bonchev–Trinajstić information content (AvgIpc) is 2.59. The molecular formula is C17H36O10. The van der Waals surface area contributed by atoms with Crippen molar-refractivity contribution < 1.29 is 50.1 Å². The Labute approximate surface area is 160 Å². The fourth-order valence-electron chi connectivity index (χ4n) is 0.942. The highest BCUT2D eigenvalue weighted by Crippen LogP contribution is 2.11. The van der Waals surface area contributed by atoms with Crippen LogP contribution < -0.4 is 0 Å². The molecule has 7 N–H and O–H groups in total. The minimum absolute atomic E-state index is 0.292. The summed E-state index contributed by atoms with van der Waals surface area (Å²) in [6.07, 6.45) is 3.07. The number of carboxylic acid groups (broad SMARTS) is 3. The number of aliphatic hydroxyl groups excluding tert-OH is 4. The molecule has 0 aliphatic rings. The van der Waals surface area contributed by atoms with Crippen molar-refractivity contribution in [1.29, 1.82) is 0 Å². The molecule has 0 saturated carbocycles. The van der Waals surface area contributed by atoms with E-state index in [2.05, 4.69) is 0 Å². The van der Waals surface area contributed by atoms with Crippen molar-refractivity contribution in [2.75, 3.05) is 26.4 Å². The summed E-state index contributed by atoms with van der Waals surface area (Å²) < 4.78 is 0. The summed E-state index contributed by atoms with van der Waals surface area (Å²) in [5.74, 6) is -2.13. The summed E-state index contributed by atoms with van der Waals surface area (Å²) in [6, 6.07) is 0. The maximum Gasteiger partial charge on any atom is 0.303 e. The zero-order valence-corrected chi connectivity index (χ0v) is 16.4. The van der Waals surface area contributed by atoms with Crippen LogP contribution in [0.2, 0.25) is 0 Å². The van der Waals surface area contributed by atoms with Crippen LogP contribution in [0.15, 0.2) is 0 Å². The summed E-state index contributed by atoms with van der Waals surface area (Å²) in [4.78, 5) is 28.8. The highest BCUT2D eigenvalue weighted by atomic mass is 16.4. The first-order valence-electron chi connectivity index (χ1n) is 8.64. The number of carboxylic acids is 3. The summed E-state index contributed by atoms with van der Waals surface area (Å²) >= 11 is 0. The Kier molecular flexibility index (Phi) is 29.5. The molecule has 0 heterocycles. The second kappa shape index (κ2) is 24.2. The molecule has 0 atom stereocenters. The molecule has 0 spiro atoms. The largest absolute Gasteiger partial charge is 0.481 e. The van der Waals surface area contributed by atoms with Crippen LogP contribution in [0.1, 0.15) is 59.3 Å². The Bertz CT molecular complexity index is 298. The van der Waals surface area contributed by atoms with Crippen LogP contribution in [-0.4, -0.2) is 80.1 Å². The number of rotatable bonds is 10. The van der Waals surface area contributed by atoms with Crippen molar-refractivity contribution in [1.82, 2.24) is 0 Å². The molecule has 0 saturated heterocycles. The van der Waals surface area contributed by atoms with Gasteiger partial charge in [0.1, 0.15) is 0 Å². The van der Waals surface area contributed by atoms with Gasteiger partial charge in [0.2, 0.25) is 0 Å². The molecule has 0 aromatic rings. The molecule has 10 nitrogen and oxygen atoms in total. The van der Waals surface area contributed by atoms with E-state index in [0.29, 0.717) is 19.3 Å². The van der Waals surface area contributed by atoms with E-state index in [1.54, 1.807) is 0 Å². The monoisotopic (exact) mass is 400 g/mol. The molecule has 0 fully saturated rings. The van der Waals surface area contributed by atoms with E-state index in [4.69, 9.17) is 35.7 Å². The third-order valence-electron chi connectivity index (χ3n) is 2.73. The molecule has 0 aromatic heterocycles. The average molecular weight is 400 g/mol. The molecule has 0 aromatic carbocycles. The van der Waals surface area contributed by atoms with Crippen LogP contribution in [0, 0.1) is 5.41 Å². The Morgan fingerprint density at radius 1 is 0.556 bits per heavy atom. The Morgan fingerprint density at radius 2 is 0.741 bits per heavy atom. The molecule has 0 amide bonds. The van der Waals surface area contributed by atoms with E-state index in [0.717, 1.165) is 19.3 Å². The zero-order chi connectivity index (χ0) is 22.3. The van der Waals surface area contributed by atoms with Crippen molar-refractivity contribution in [2.45, 2.75) is 59.3 Å². The van der Waals surface area contributed by atoms with E-state index in [-0.39, 0.29) is 0 Å². The van der Waals surface area contributed by atoms with Gasteiger partial charge in [-0.05, 0) is 19.3 Å². The molecule has 0 unspecified atom stereocenters. The fraction of sp³-hybridized carbons (Fsp3) is 0.824. The van der Waals surface area contributed by atoms with Crippen LogP contribution in [0.4, 0.5) is 0 Å². The molecule has 164 valence electrons. The minimum Gasteiger partial charge on any atom is -0.481 e. The van der Waals surface area contributed by atoms with Gasteiger partial charge < -0.3 is 35.7 Å². The molecule has 0 rings (SSSR count). The summed E-state index contributed by atoms with van der Waals surface area (Å²) in [7, 11) is 0. The van der Waals surface area contributed by atoms with Crippen molar-refractivity contribution >= 4 is 17.9 Å². The van der Waals surface area contributed by atoms with Crippen molar-refractivity contribution in [3.8, 4) is 0 Å². The lowest BCUT2D eigenvalue weighted by Gasteiger charge is -2.23. The highest BCUT2D eigenvalue weighted by Gasteiger charge is 2.26. The molecule has 10 heteroatoms. The lowest BCUT2D eigenvalue weighted by Crippen LogP contribution is -2.37. The molecule has 0 radical (unpaired) electrons. The number of aliphatic carboxylic acids is 3. The summed E-state index contributed by atoms with van der Waals surface area (Å²) in [5, 5.41) is 57.7. The van der Waals surface area contributed by atoms with Gasteiger partial charge in [-0.1, -0.05) is 20.8 Å². The number of aliphatic hydroxyl groups is 4. The summed E-state index contributed by atoms with van der Waals surface area (Å²) in [5.41, 5.74) is -1.11. The minimum atomic E-state index is -1.11. The smallest absolute Gasteiger partial charge is 0.303 e. The Balaban J connectivity index is -0.000000133. The van der Waals surface area contributed by atoms with Crippen LogP contribution in [-0.2, 0) is 14.4 Å². The van der Waals surface area contributed by atoms with Gasteiger partial charge in [-0.2, -0.15) is 0 Å². The third kappa shape index (κ3) is 32.4. The summed E-state index contributed by atoms with van der Waals surface area (Å²) in [6.45, 7) is 3.90. The molecular weight excluding hydrogens is 364 g/mol. The first-order valence-corrected chi connectivity index (χ1v) is 8.64. The van der Waals surface area contributed by atoms with E-state index in [9.17, 15) is 14.4 Å². The lowest BCUT2D eigenvalue weighted by molar-refractivity contribution is -0.138. The highest BCUT2D eigenvalue weighted by molar-refractivity contribution is 5.67. The predicted octanol–water partition coefficient (Wildman–Crippen LogP) is 0.555. The van der Waals surface area contributed by atoms with Gasteiger partial charge in [-0.15, -0.1) is 0 Å². The van der Waals surface area contributed by atoms with Gasteiger partial charge in [0.15, 0.2) is 0 Å². The van der Waals surface area contributed by atoms with E-state index < -0.39 is 49.8 Å². The van der Waals surface area contributed by atoms with Gasteiger partial charge in [0, 0.05) is 19.3 Å². The lowest BCUT2D eigenvalue weighted by atomic mass is 9.93. The Hall–Kier alpha value is -1.75. The molecule has 0 bridgehead atoms.